The zero-order valence-corrected chi connectivity index (χ0v) is 19.1. The zero-order chi connectivity index (χ0) is 21.5. The van der Waals surface area contributed by atoms with Crippen LogP contribution in [0.25, 0.3) is 0 Å². The molecule has 7 heteroatoms. The molecule has 0 aromatic heterocycles. The third kappa shape index (κ3) is 3.83. The number of nitrogens with zero attached hydrogens (tertiary/aromatic N) is 4. The summed E-state index contributed by atoms with van der Waals surface area (Å²) in [6, 6.07) is 7.57. The molecule has 1 saturated carbocycles. The second-order valence-corrected chi connectivity index (χ2v) is 10.2. The number of hydrogen-bond donors (Lipinski definition) is 0. The number of fused-ring (bicyclic) bond motifs is 1. The molecule has 5 aliphatic rings. The Balaban J connectivity index is 1.06. The van der Waals surface area contributed by atoms with E-state index >= 15 is 0 Å². The SMILES string of the molecule is O=C(N1CCCC1)N1CCN(c2ccc3c(c2)COC2(CCN(C4CCC4)CC2)O3)CC1. The Hall–Kier alpha value is -1.99. The molecule has 0 unspecified atom stereocenters. The van der Waals surface area contributed by atoms with E-state index in [0.29, 0.717) is 6.61 Å². The first kappa shape index (κ1) is 20.6. The van der Waals surface area contributed by atoms with Crippen LogP contribution in [0.1, 0.15) is 50.5 Å². The van der Waals surface area contributed by atoms with Gasteiger partial charge in [-0.05, 0) is 43.9 Å². The number of likely N-dealkylation sites (tertiary alicyclic amines) is 2. The van der Waals surface area contributed by atoms with Crippen LogP contribution in [0.4, 0.5) is 10.5 Å². The highest BCUT2D eigenvalue weighted by molar-refractivity contribution is 5.75. The fourth-order valence-corrected chi connectivity index (χ4v) is 5.91. The predicted molar refractivity (Wildman–Crippen MR) is 123 cm³/mol. The van der Waals surface area contributed by atoms with Crippen LogP contribution in [0.15, 0.2) is 18.2 Å². The van der Waals surface area contributed by atoms with E-state index in [2.05, 4.69) is 28.0 Å². The van der Waals surface area contributed by atoms with Crippen molar-refractivity contribution >= 4 is 11.7 Å². The molecule has 1 spiro atoms. The maximum atomic E-state index is 12.7. The average Bonchev–Trinajstić information content (AvgIpc) is 3.34. The van der Waals surface area contributed by atoms with Gasteiger partial charge in [0.05, 0.1) is 6.61 Å². The van der Waals surface area contributed by atoms with Gasteiger partial charge in [-0.15, -0.1) is 0 Å². The molecule has 0 radical (unpaired) electrons. The minimum atomic E-state index is -0.434. The first-order valence-corrected chi connectivity index (χ1v) is 12.7. The normalized spacial score (nSPS) is 26.1. The Morgan fingerprint density at radius 3 is 2.28 bits per heavy atom. The molecule has 4 heterocycles. The molecule has 174 valence electrons. The number of urea groups is 1. The summed E-state index contributed by atoms with van der Waals surface area (Å²) in [6.45, 7) is 7.97. The second-order valence-electron chi connectivity index (χ2n) is 10.2. The molecule has 2 amide bonds. The van der Waals surface area contributed by atoms with Crippen LogP contribution in [-0.4, -0.2) is 84.9 Å². The summed E-state index contributed by atoms with van der Waals surface area (Å²) in [5.41, 5.74) is 2.35. The lowest BCUT2D eigenvalue weighted by molar-refractivity contribution is -0.231. The third-order valence-electron chi connectivity index (χ3n) is 8.27. The molecule has 1 aromatic rings. The predicted octanol–water partition coefficient (Wildman–Crippen LogP) is 3.28. The largest absolute Gasteiger partial charge is 0.462 e. The summed E-state index contributed by atoms with van der Waals surface area (Å²) < 4.78 is 12.8. The van der Waals surface area contributed by atoms with E-state index in [4.69, 9.17) is 9.47 Å². The van der Waals surface area contributed by atoms with Gasteiger partial charge < -0.3 is 24.2 Å². The molecule has 1 aliphatic carbocycles. The van der Waals surface area contributed by atoms with Crippen molar-refractivity contribution in [3.63, 3.8) is 0 Å². The van der Waals surface area contributed by atoms with Gasteiger partial charge in [-0.1, -0.05) is 6.42 Å². The van der Waals surface area contributed by atoms with E-state index in [1.54, 1.807) is 0 Å². The number of piperidine rings is 1. The monoisotopic (exact) mass is 440 g/mol. The second kappa shape index (κ2) is 8.41. The first-order chi connectivity index (χ1) is 15.7. The topological polar surface area (TPSA) is 48.5 Å². The molecule has 32 heavy (non-hydrogen) atoms. The highest BCUT2D eigenvalue weighted by Gasteiger charge is 2.43. The van der Waals surface area contributed by atoms with Crippen molar-refractivity contribution in [2.75, 3.05) is 57.3 Å². The fraction of sp³-hybridized carbons (Fsp3) is 0.720. The van der Waals surface area contributed by atoms with Crippen LogP contribution in [-0.2, 0) is 11.3 Å². The van der Waals surface area contributed by atoms with Crippen LogP contribution in [0.2, 0.25) is 0 Å². The van der Waals surface area contributed by atoms with Gasteiger partial charge in [0.15, 0.2) is 0 Å². The smallest absolute Gasteiger partial charge is 0.320 e. The Bertz CT molecular complexity index is 836. The van der Waals surface area contributed by atoms with E-state index in [-0.39, 0.29) is 6.03 Å². The Morgan fingerprint density at radius 1 is 0.875 bits per heavy atom. The number of ether oxygens (including phenoxy) is 2. The maximum Gasteiger partial charge on any atom is 0.320 e. The number of hydrogen-bond acceptors (Lipinski definition) is 5. The quantitative estimate of drug-likeness (QED) is 0.706. The van der Waals surface area contributed by atoms with Crippen LogP contribution in [0, 0.1) is 0 Å². The number of carbonyl (C=O) groups is 1. The van der Waals surface area contributed by atoms with Crippen molar-refractivity contribution in [2.45, 2.75) is 63.4 Å². The molecular formula is C25H36N4O3. The maximum absolute atomic E-state index is 12.7. The lowest BCUT2D eigenvalue weighted by atomic mass is 9.89. The summed E-state index contributed by atoms with van der Waals surface area (Å²) in [5.74, 6) is 0.552. The van der Waals surface area contributed by atoms with Crippen molar-refractivity contribution in [3.05, 3.63) is 23.8 Å². The van der Waals surface area contributed by atoms with Gasteiger partial charge in [-0.3, -0.25) is 4.90 Å². The molecule has 4 aliphatic heterocycles. The van der Waals surface area contributed by atoms with Gasteiger partial charge >= 0.3 is 6.03 Å². The van der Waals surface area contributed by atoms with Gasteiger partial charge in [0.25, 0.3) is 0 Å². The molecule has 0 bridgehead atoms. The lowest BCUT2D eigenvalue weighted by Crippen LogP contribution is -2.54. The van der Waals surface area contributed by atoms with E-state index in [9.17, 15) is 4.79 Å². The molecule has 1 aromatic carbocycles. The number of anilines is 1. The van der Waals surface area contributed by atoms with Gasteiger partial charge in [0.1, 0.15) is 5.75 Å². The summed E-state index contributed by atoms with van der Waals surface area (Å²) in [5, 5.41) is 0. The molecule has 4 fully saturated rings. The number of amides is 2. The number of rotatable bonds is 2. The molecule has 6 rings (SSSR count). The van der Waals surface area contributed by atoms with Gasteiger partial charge in [-0.2, -0.15) is 0 Å². The van der Waals surface area contributed by atoms with Crippen molar-refractivity contribution in [1.82, 2.24) is 14.7 Å². The average molecular weight is 441 g/mol. The summed E-state index contributed by atoms with van der Waals surface area (Å²) in [6.07, 6.45) is 8.31. The Kier molecular flexibility index (Phi) is 5.42. The number of carbonyl (C=O) groups excluding carboxylic acids is 1. The third-order valence-corrected chi connectivity index (χ3v) is 8.27. The Labute approximate surface area is 191 Å². The van der Waals surface area contributed by atoms with E-state index < -0.39 is 5.79 Å². The fourth-order valence-electron chi connectivity index (χ4n) is 5.91. The first-order valence-electron chi connectivity index (χ1n) is 12.7. The highest BCUT2D eigenvalue weighted by atomic mass is 16.7. The van der Waals surface area contributed by atoms with Crippen LogP contribution >= 0.6 is 0 Å². The zero-order valence-electron chi connectivity index (χ0n) is 19.1. The van der Waals surface area contributed by atoms with Crippen LogP contribution in [0.5, 0.6) is 5.75 Å². The van der Waals surface area contributed by atoms with Crippen molar-refractivity contribution in [1.29, 1.82) is 0 Å². The van der Waals surface area contributed by atoms with E-state index in [0.717, 1.165) is 95.4 Å². The minimum absolute atomic E-state index is 0.225. The standard InChI is InChI=1S/C25H36N4O3/c30-24(28-10-1-2-11-28)29-16-14-27(15-17-29)22-6-7-23-20(18-22)19-31-25(32-23)8-12-26(13-9-25)21-4-3-5-21/h6-7,18,21H,1-5,8-17,19H2. The van der Waals surface area contributed by atoms with E-state index in [1.165, 1.54) is 24.9 Å². The summed E-state index contributed by atoms with van der Waals surface area (Å²) in [7, 11) is 0. The van der Waals surface area contributed by atoms with E-state index in [1.807, 2.05) is 9.80 Å². The minimum Gasteiger partial charge on any atom is -0.462 e. The van der Waals surface area contributed by atoms with Crippen LogP contribution in [0.3, 0.4) is 0 Å². The Morgan fingerprint density at radius 2 is 1.59 bits per heavy atom. The molecule has 0 N–H and O–H groups in total. The summed E-state index contributed by atoms with van der Waals surface area (Å²) >= 11 is 0. The number of piperazine rings is 1. The molecule has 7 nitrogen and oxygen atoms in total. The van der Waals surface area contributed by atoms with Crippen molar-refractivity contribution in [3.8, 4) is 5.75 Å². The van der Waals surface area contributed by atoms with Gasteiger partial charge in [-0.25, -0.2) is 4.79 Å². The molecule has 0 atom stereocenters. The molecular weight excluding hydrogens is 404 g/mol. The molecule has 3 saturated heterocycles. The van der Waals surface area contributed by atoms with Crippen molar-refractivity contribution in [2.24, 2.45) is 0 Å². The highest BCUT2D eigenvalue weighted by Crippen LogP contribution is 2.40. The van der Waals surface area contributed by atoms with Gasteiger partial charge in [0.2, 0.25) is 5.79 Å². The van der Waals surface area contributed by atoms with Crippen LogP contribution < -0.4 is 9.64 Å². The van der Waals surface area contributed by atoms with Crippen molar-refractivity contribution < 1.29 is 14.3 Å². The lowest BCUT2D eigenvalue weighted by Gasteiger charge is -2.47. The van der Waals surface area contributed by atoms with Gasteiger partial charge in [0, 0.05) is 82.5 Å². The summed E-state index contributed by atoms with van der Waals surface area (Å²) in [4.78, 5) is 21.7. The number of benzene rings is 1.